The first-order chi connectivity index (χ1) is 22.0. The lowest BCUT2D eigenvalue weighted by molar-refractivity contribution is -0.289. The fraction of sp³-hybridized carbons (Fsp3) is 0.500. The maximum Gasteiger partial charge on any atom is 0.229 e. The molecule has 0 saturated carbocycles. The van der Waals surface area contributed by atoms with Crippen LogP contribution in [-0.2, 0) is 14.2 Å². The Morgan fingerprint density at radius 3 is 2.09 bits per heavy atom. The molecule has 3 heterocycles. The summed E-state index contributed by atoms with van der Waals surface area (Å²) in [5.74, 6) is 1.10. The second kappa shape index (κ2) is 13.6. The molecule has 16 heteroatoms. The van der Waals surface area contributed by atoms with Crippen LogP contribution in [0.5, 0.6) is 28.7 Å². The summed E-state index contributed by atoms with van der Waals surface area (Å²) in [7, 11) is 5.69. The predicted molar refractivity (Wildman–Crippen MR) is 155 cm³/mol. The maximum atomic E-state index is 13.7. The van der Waals surface area contributed by atoms with Crippen LogP contribution in [0.4, 0.5) is 0 Å². The highest BCUT2D eigenvalue weighted by Gasteiger charge is 2.50. The Morgan fingerprint density at radius 2 is 1.46 bits per heavy atom. The number of ether oxygens (including phenoxy) is 8. The largest absolute Gasteiger partial charge is 0.496 e. The summed E-state index contributed by atoms with van der Waals surface area (Å²) >= 11 is 0. The summed E-state index contributed by atoms with van der Waals surface area (Å²) in [6.07, 6.45) is -9.76. The summed E-state index contributed by atoms with van der Waals surface area (Å²) < 4.78 is 49.6. The fourth-order valence-electron chi connectivity index (χ4n) is 5.22. The molecule has 3 aromatic rings. The summed E-state index contributed by atoms with van der Waals surface area (Å²) in [5.41, 5.74) is -1.76. The van der Waals surface area contributed by atoms with Crippen LogP contribution in [0.3, 0.4) is 0 Å². The van der Waals surface area contributed by atoms with Gasteiger partial charge in [0, 0.05) is 17.7 Å². The van der Waals surface area contributed by atoms with Gasteiger partial charge in [-0.1, -0.05) is 0 Å². The Labute approximate surface area is 261 Å². The van der Waals surface area contributed by atoms with E-state index in [2.05, 4.69) is 0 Å². The van der Waals surface area contributed by atoms with E-state index < -0.39 is 74.0 Å². The average Bonchev–Trinajstić information content (AvgIpc) is 3.36. The van der Waals surface area contributed by atoms with Gasteiger partial charge in [0.1, 0.15) is 53.7 Å². The minimum Gasteiger partial charge on any atom is -0.496 e. The van der Waals surface area contributed by atoms with Crippen LogP contribution in [0, 0.1) is 0 Å². The summed E-state index contributed by atoms with van der Waals surface area (Å²) in [5, 5.41) is 61.5. The molecule has 0 bridgehead atoms. The minimum atomic E-state index is -1.94. The van der Waals surface area contributed by atoms with Gasteiger partial charge < -0.3 is 73.0 Å². The minimum absolute atomic E-state index is 0.0375. The lowest BCUT2D eigenvalue weighted by Gasteiger charge is -2.40. The maximum absolute atomic E-state index is 13.7. The third kappa shape index (κ3) is 6.06. The van der Waals surface area contributed by atoms with Crippen molar-refractivity contribution in [3.8, 4) is 39.9 Å². The molecule has 0 amide bonds. The first kappa shape index (κ1) is 33.6. The standard InChI is InChI=1S/C30H36O16/c1-38-16-7-20(41-4)18(39-2)5-13(16)15-9-42-17-8-21(19(40-3)6-14(17)23(15)32)45-28-26(35)25(34)24(33)22(46-28)10-43-29-27(36)30(37,11-31)12-44-29/h5-9,22,24-29,31,33-37H,10-12H2,1-4H3/t22-,24+,25-,26+,27-,28+,29+,30+/m0/s1. The SMILES string of the molecule is COc1cc(OC)c(-c2coc3cc(O[C@@H]4O[C@@H](CO[C@@H]5OC[C@](O)(CO)[C@H]5O)[C@@H](O)[C@H](O)[C@H]4O)c(OC)cc3c2=O)cc1OC. The molecule has 8 atom stereocenters. The van der Waals surface area contributed by atoms with Crippen molar-refractivity contribution in [1.29, 1.82) is 0 Å². The number of rotatable bonds is 11. The van der Waals surface area contributed by atoms with Crippen LogP contribution < -0.4 is 29.1 Å². The zero-order valence-corrected chi connectivity index (χ0v) is 25.3. The number of hydrogen-bond acceptors (Lipinski definition) is 16. The average molecular weight is 653 g/mol. The van der Waals surface area contributed by atoms with E-state index in [0.29, 0.717) is 22.8 Å². The molecule has 2 fully saturated rings. The fourth-order valence-corrected chi connectivity index (χ4v) is 5.22. The van der Waals surface area contributed by atoms with Gasteiger partial charge >= 0.3 is 0 Å². The van der Waals surface area contributed by atoms with Gasteiger partial charge in [-0.05, 0) is 12.1 Å². The van der Waals surface area contributed by atoms with E-state index >= 15 is 0 Å². The van der Waals surface area contributed by atoms with Gasteiger partial charge in [0.2, 0.25) is 11.7 Å². The lowest BCUT2D eigenvalue weighted by Crippen LogP contribution is -2.60. The Bertz CT molecular complexity index is 1590. The first-order valence-corrected chi connectivity index (χ1v) is 14.0. The van der Waals surface area contributed by atoms with E-state index in [1.807, 2.05) is 0 Å². The number of methoxy groups -OCH3 is 4. The molecule has 2 aliphatic rings. The van der Waals surface area contributed by atoms with E-state index in [9.17, 15) is 35.4 Å². The highest BCUT2D eigenvalue weighted by molar-refractivity contribution is 5.86. The molecule has 2 saturated heterocycles. The summed E-state index contributed by atoms with van der Waals surface area (Å²) in [6, 6.07) is 5.86. The van der Waals surface area contributed by atoms with Crippen LogP contribution in [-0.4, -0.2) is 128 Å². The number of aliphatic hydroxyl groups excluding tert-OH is 5. The van der Waals surface area contributed by atoms with E-state index in [1.54, 1.807) is 12.1 Å². The van der Waals surface area contributed by atoms with Crippen molar-refractivity contribution in [3.05, 3.63) is 40.8 Å². The van der Waals surface area contributed by atoms with Gasteiger partial charge in [0.25, 0.3) is 0 Å². The van der Waals surface area contributed by atoms with Crippen LogP contribution in [0.15, 0.2) is 39.7 Å². The third-order valence-electron chi connectivity index (χ3n) is 7.97. The normalized spacial score (nSPS) is 29.5. The van der Waals surface area contributed by atoms with Crippen molar-refractivity contribution in [2.24, 2.45) is 0 Å². The molecular formula is C30H36O16. The zero-order chi connectivity index (χ0) is 33.3. The number of aliphatic hydroxyl groups is 6. The Hall–Kier alpha value is -3.71. The van der Waals surface area contributed by atoms with E-state index in [-0.39, 0.29) is 28.0 Å². The van der Waals surface area contributed by atoms with Crippen molar-refractivity contribution < 1.29 is 73.0 Å². The van der Waals surface area contributed by atoms with Crippen molar-refractivity contribution in [2.75, 3.05) is 48.3 Å². The molecule has 2 aliphatic heterocycles. The molecule has 6 N–H and O–H groups in total. The van der Waals surface area contributed by atoms with Crippen molar-refractivity contribution in [3.63, 3.8) is 0 Å². The molecule has 252 valence electrons. The van der Waals surface area contributed by atoms with Gasteiger partial charge in [0.05, 0.1) is 59.2 Å². The van der Waals surface area contributed by atoms with E-state index in [1.165, 1.54) is 46.8 Å². The topological polar surface area (TPSA) is 225 Å². The van der Waals surface area contributed by atoms with Gasteiger partial charge in [-0.25, -0.2) is 0 Å². The quantitative estimate of drug-likeness (QED) is 0.148. The van der Waals surface area contributed by atoms with Crippen LogP contribution in [0.2, 0.25) is 0 Å². The monoisotopic (exact) mass is 652 g/mol. The molecule has 5 rings (SSSR count). The molecule has 16 nitrogen and oxygen atoms in total. The van der Waals surface area contributed by atoms with Gasteiger partial charge in [-0.15, -0.1) is 0 Å². The molecule has 0 spiro atoms. The van der Waals surface area contributed by atoms with Crippen LogP contribution in [0.25, 0.3) is 22.1 Å². The second-order valence-corrected chi connectivity index (χ2v) is 10.7. The van der Waals surface area contributed by atoms with Gasteiger partial charge in [-0.3, -0.25) is 4.79 Å². The Balaban J connectivity index is 1.41. The lowest BCUT2D eigenvalue weighted by atomic mass is 9.99. The van der Waals surface area contributed by atoms with E-state index in [0.717, 1.165) is 0 Å². The molecule has 0 radical (unpaired) electrons. The van der Waals surface area contributed by atoms with Crippen LogP contribution in [0.1, 0.15) is 0 Å². The molecule has 2 aromatic carbocycles. The van der Waals surface area contributed by atoms with Gasteiger partial charge in [-0.2, -0.15) is 0 Å². The Morgan fingerprint density at radius 1 is 0.804 bits per heavy atom. The molecule has 1 aromatic heterocycles. The molecule has 0 aliphatic carbocycles. The van der Waals surface area contributed by atoms with Gasteiger partial charge in [0.15, 0.2) is 29.3 Å². The van der Waals surface area contributed by atoms with Crippen molar-refractivity contribution >= 4 is 11.0 Å². The third-order valence-corrected chi connectivity index (χ3v) is 7.97. The summed E-state index contributed by atoms with van der Waals surface area (Å²) in [4.78, 5) is 13.7. The zero-order valence-electron chi connectivity index (χ0n) is 25.3. The highest BCUT2D eigenvalue weighted by Crippen LogP contribution is 2.41. The Kier molecular flexibility index (Phi) is 9.92. The second-order valence-electron chi connectivity index (χ2n) is 10.7. The molecule has 46 heavy (non-hydrogen) atoms. The summed E-state index contributed by atoms with van der Waals surface area (Å²) in [6.45, 7) is -1.66. The molecular weight excluding hydrogens is 616 g/mol. The van der Waals surface area contributed by atoms with E-state index in [4.69, 9.17) is 42.3 Å². The smallest absolute Gasteiger partial charge is 0.229 e. The van der Waals surface area contributed by atoms with Crippen LogP contribution >= 0.6 is 0 Å². The number of hydrogen-bond donors (Lipinski definition) is 6. The van der Waals surface area contributed by atoms with Crippen molar-refractivity contribution in [1.82, 2.24) is 0 Å². The molecule has 0 unspecified atom stereocenters. The number of fused-ring (bicyclic) bond motifs is 1. The highest BCUT2D eigenvalue weighted by atomic mass is 16.7. The number of benzene rings is 2. The van der Waals surface area contributed by atoms with Crippen molar-refractivity contribution in [2.45, 2.75) is 48.7 Å². The first-order valence-electron chi connectivity index (χ1n) is 14.0. The predicted octanol–water partition coefficient (Wildman–Crippen LogP) is -0.862.